The molecule has 2 aromatic carbocycles. The van der Waals surface area contributed by atoms with Crippen LogP contribution in [0.4, 0.5) is 5.69 Å². The highest BCUT2D eigenvalue weighted by Gasteiger charge is 2.21. The number of nitrogens with one attached hydrogen (secondary N) is 2. The van der Waals surface area contributed by atoms with E-state index in [4.69, 9.17) is 16.1 Å². The van der Waals surface area contributed by atoms with Crippen molar-refractivity contribution in [2.45, 2.75) is 25.4 Å². The molecule has 0 spiro atoms. The molecule has 9 heteroatoms. The van der Waals surface area contributed by atoms with Crippen molar-refractivity contribution in [3.8, 4) is 11.4 Å². The standard InChI is InChI=1S/C22H25ClN6O.HI/c1-24-22(26-18-6-5-13-29(15-18)19-7-3-2-4-8-19)25-14-20-27-21(28-30-20)16-9-11-17(23)12-10-16;/h2-4,7-12,18H,5-6,13-15H2,1H3,(H2,24,25,26);1H. The maximum Gasteiger partial charge on any atom is 0.246 e. The number of piperidine rings is 1. The van der Waals surface area contributed by atoms with Gasteiger partial charge in [-0.2, -0.15) is 4.98 Å². The van der Waals surface area contributed by atoms with Gasteiger partial charge in [-0.05, 0) is 49.2 Å². The molecule has 2 N–H and O–H groups in total. The van der Waals surface area contributed by atoms with Gasteiger partial charge in [-0.15, -0.1) is 24.0 Å². The van der Waals surface area contributed by atoms with Gasteiger partial charge in [-0.3, -0.25) is 4.99 Å². The van der Waals surface area contributed by atoms with E-state index in [-0.39, 0.29) is 24.0 Å². The first-order valence-electron chi connectivity index (χ1n) is 10.1. The number of rotatable bonds is 5. The summed E-state index contributed by atoms with van der Waals surface area (Å²) in [5, 5.41) is 11.5. The molecule has 0 amide bonds. The van der Waals surface area contributed by atoms with E-state index in [9.17, 15) is 0 Å². The molecule has 164 valence electrons. The zero-order valence-electron chi connectivity index (χ0n) is 17.3. The van der Waals surface area contributed by atoms with Gasteiger partial charge in [0.15, 0.2) is 5.96 Å². The van der Waals surface area contributed by atoms with E-state index in [2.05, 4.69) is 54.9 Å². The number of hydrogen-bond donors (Lipinski definition) is 2. The van der Waals surface area contributed by atoms with Crippen molar-refractivity contribution in [2.24, 2.45) is 4.99 Å². The van der Waals surface area contributed by atoms with Crippen molar-refractivity contribution >= 4 is 47.2 Å². The number of hydrogen-bond acceptors (Lipinski definition) is 5. The van der Waals surface area contributed by atoms with E-state index >= 15 is 0 Å². The van der Waals surface area contributed by atoms with Crippen LogP contribution in [0.1, 0.15) is 18.7 Å². The Balaban J connectivity index is 0.00000272. The largest absolute Gasteiger partial charge is 0.369 e. The molecule has 7 nitrogen and oxygen atoms in total. The van der Waals surface area contributed by atoms with Crippen molar-refractivity contribution in [3.05, 3.63) is 65.5 Å². The highest BCUT2D eigenvalue weighted by molar-refractivity contribution is 14.0. The second-order valence-electron chi connectivity index (χ2n) is 7.21. The molecule has 1 atom stereocenters. The second-order valence-corrected chi connectivity index (χ2v) is 7.65. The smallest absolute Gasteiger partial charge is 0.246 e. The van der Waals surface area contributed by atoms with Gasteiger partial charge in [0.2, 0.25) is 11.7 Å². The topological polar surface area (TPSA) is 78.6 Å². The first-order chi connectivity index (χ1) is 14.7. The Hall–Kier alpha value is -2.33. The van der Waals surface area contributed by atoms with Crippen LogP contribution in [0.2, 0.25) is 5.02 Å². The Bertz CT molecular complexity index is 979. The van der Waals surface area contributed by atoms with Gasteiger partial charge in [0.1, 0.15) is 0 Å². The molecule has 4 rings (SSSR count). The minimum atomic E-state index is 0. The normalized spacial score (nSPS) is 16.5. The Morgan fingerprint density at radius 3 is 2.71 bits per heavy atom. The summed E-state index contributed by atoms with van der Waals surface area (Å²) in [5.74, 6) is 1.76. The summed E-state index contributed by atoms with van der Waals surface area (Å²) < 4.78 is 5.36. The molecular weight excluding hydrogens is 527 g/mol. The predicted octanol–water partition coefficient (Wildman–Crippen LogP) is 4.34. The van der Waals surface area contributed by atoms with Gasteiger partial charge < -0.3 is 20.1 Å². The lowest BCUT2D eigenvalue weighted by Gasteiger charge is -2.35. The van der Waals surface area contributed by atoms with Gasteiger partial charge in [-0.25, -0.2) is 0 Å². The summed E-state index contributed by atoms with van der Waals surface area (Å²) in [6.45, 7) is 2.41. The lowest BCUT2D eigenvalue weighted by atomic mass is 10.1. The lowest BCUT2D eigenvalue weighted by Crippen LogP contribution is -2.51. The maximum atomic E-state index is 5.93. The van der Waals surface area contributed by atoms with Gasteiger partial charge in [0.05, 0.1) is 6.54 Å². The minimum absolute atomic E-state index is 0. The van der Waals surface area contributed by atoms with Gasteiger partial charge in [-0.1, -0.05) is 35.0 Å². The lowest BCUT2D eigenvalue weighted by molar-refractivity contribution is 0.374. The van der Waals surface area contributed by atoms with Crippen LogP contribution in [0.5, 0.6) is 0 Å². The Labute approximate surface area is 204 Å². The number of halogens is 2. The van der Waals surface area contributed by atoms with E-state index < -0.39 is 0 Å². The summed E-state index contributed by atoms with van der Waals surface area (Å²) in [6, 6.07) is 18.2. The van der Waals surface area contributed by atoms with E-state index in [1.807, 2.05) is 18.2 Å². The minimum Gasteiger partial charge on any atom is -0.369 e. The monoisotopic (exact) mass is 552 g/mol. The molecule has 1 saturated heterocycles. The van der Waals surface area contributed by atoms with E-state index in [0.29, 0.717) is 29.3 Å². The molecular formula is C22H26ClIN6O. The molecule has 0 bridgehead atoms. The summed E-state index contributed by atoms with van der Waals surface area (Å²) in [6.07, 6.45) is 2.24. The predicted molar refractivity (Wildman–Crippen MR) is 135 cm³/mol. The third kappa shape index (κ3) is 6.33. The highest BCUT2D eigenvalue weighted by atomic mass is 127. The van der Waals surface area contributed by atoms with Crippen LogP contribution >= 0.6 is 35.6 Å². The summed E-state index contributed by atoms with van der Waals surface area (Å²) in [5.41, 5.74) is 2.12. The van der Waals surface area contributed by atoms with E-state index in [1.165, 1.54) is 5.69 Å². The zero-order chi connectivity index (χ0) is 20.8. The maximum absolute atomic E-state index is 5.93. The third-order valence-electron chi connectivity index (χ3n) is 5.08. The molecule has 2 heterocycles. The van der Waals surface area contributed by atoms with Crippen LogP contribution in [0.15, 0.2) is 64.1 Å². The highest BCUT2D eigenvalue weighted by Crippen LogP contribution is 2.20. The molecule has 1 aromatic heterocycles. The Morgan fingerprint density at radius 2 is 1.97 bits per heavy atom. The molecule has 1 aliphatic heterocycles. The number of nitrogens with zero attached hydrogens (tertiary/aromatic N) is 4. The number of aliphatic imine (C=N–C) groups is 1. The van der Waals surface area contributed by atoms with Crippen molar-refractivity contribution in [3.63, 3.8) is 0 Å². The third-order valence-corrected chi connectivity index (χ3v) is 5.34. The SMILES string of the molecule is CN=C(NCc1nc(-c2ccc(Cl)cc2)no1)NC1CCCN(c2ccccc2)C1.I. The van der Waals surface area contributed by atoms with Crippen LogP contribution in [-0.4, -0.2) is 42.3 Å². The van der Waals surface area contributed by atoms with Crippen LogP contribution in [-0.2, 0) is 6.54 Å². The molecule has 3 aromatic rings. The first-order valence-corrected chi connectivity index (χ1v) is 10.4. The molecule has 0 radical (unpaired) electrons. The summed E-state index contributed by atoms with van der Waals surface area (Å²) in [7, 11) is 1.76. The fraction of sp³-hybridized carbons (Fsp3) is 0.318. The Morgan fingerprint density at radius 1 is 1.19 bits per heavy atom. The molecule has 0 saturated carbocycles. The van der Waals surface area contributed by atoms with Crippen LogP contribution in [0, 0.1) is 0 Å². The zero-order valence-corrected chi connectivity index (χ0v) is 20.4. The molecule has 31 heavy (non-hydrogen) atoms. The van der Waals surface area contributed by atoms with Gasteiger partial charge in [0, 0.05) is 42.5 Å². The van der Waals surface area contributed by atoms with Crippen molar-refractivity contribution in [1.82, 2.24) is 20.8 Å². The van der Waals surface area contributed by atoms with Crippen molar-refractivity contribution < 1.29 is 4.52 Å². The van der Waals surface area contributed by atoms with E-state index in [1.54, 1.807) is 19.2 Å². The average molecular weight is 553 g/mol. The van der Waals surface area contributed by atoms with Crippen LogP contribution in [0.3, 0.4) is 0 Å². The van der Waals surface area contributed by atoms with Crippen molar-refractivity contribution in [2.75, 3.05) is 25.0 Å². The number of anilines is 1. The molecule has 1 unspecified atom stereocenters. The molecule has 1 aliphatic rings. The van der Waals surface area contributed by atoms with Crippen LogP contribution in [0.25, 0.3) is 11.4 Å². The fourth-order valence-corrected chi connectivity index (χ4v) is 3.68. The number of para-hydroxylation sites is 1. The quantitative estimate of drug-likeness (QED) is 0.279. The molecule has 1 fully saturated rings. The molecule has 0 aliphatic carbocycles. The van der Waals surface area contributed by atoms with Crippen molar-refractivity contribution in [1.29, 1.82) is 0 Å². The Kier molecular flexibility index (Phi) is 8.53. The second kappa shape index (κ2) is 11.3. The van der Waals surface area contributed by atoms with Gasteiger partial charge >= 0.3 is 0 Å². The fourth-order valence-electron chi connectivity index (χ4n) is 3.56. The summed E-state index contributed by atoms with van der Waals surface area (Å²) >= 11 is 5.93. The first kappa shape index (κ1) is 23.3. The number of benzene rings is 2. The van der Waals surface area contributed by atoms with E-state index in [0.717, 1.165) is 37.5 Å². The van der Waals surface area contributed by atoms with Gasteiger partial charge in [0.25, 0.3) is 0 Å². The average Bonchev–Trinajstić information content (AvgIpc) is 3.27. The number of aromatic nitrogens is 2. The van der Waals surface area contributed by atoms with Crippen LogP contribution < -0.4 is 15.5 Å². The number of guanidine groups is 1. The summed E-state index contributed by atoms with van der Waals surface area (Å²) in [4.78, 5) is 11.2.